The van der Waals surface area contributed by atoms with Crippen molar-refractivity contribution in [2.75, 3.05) is 37.6 Å². The lowest BCUT2D eigenvalue weighted by Crippen LogP contribution is -3.15. The normalized spacial score (nSPS) is 36.9. The molecular formula is C25H34ClN2O2+. The van der Waals surface area contributed by atoms with Gasteiger partial charge in [-0.1, -0.05) is 30.7 Å². The molecule has 0 radical (unpaired) electrons. The van der Waals surface area contributed by atoms with E-state index in [9.17, 15) is 4.79 Å². The van der Waals surface area contributed by atoms with Crippen molar-refractivity contribution in [3.05, 3.63) is 41.4 Å². The number of quaternary nitrogens is 1. The van der Waals surface area contributed by atoms with E-state index in [-0.39, 0.29) is 23.4 Å². The molecule has 5 rings (SSSR count). The third-order valence-electron chi connectivity index (χ3n) is 8.49. The van der Waals surface area contributed by atoms with Crippen molar-refractivity contribution in [2.24, 2.45) is 23.2 Å². The Morgan fingerprint density at radius 2 is 2.00 bits per heavy atom. The molecule has 0 unspecified atom stereocenters. The molecule has 4 aliphatic rings. The Kier molecular flexibility index (Phi) is 5.35. The van der Waals surface area contributed by atoms with Gasteiger partial charge in [-0.3, -0.25) is 4.79 Å². The fraction of sp³-hybridized carbons (Fsp3) is 0.640. The second-order valence-electron chi connectivity index (χ2n) is 10.3. The van der Waals surface area contributed by atoms with E-state index in [1.165, 1.54) is 24.1 Å². The molecule has 0 aromatic heterocycles. The molecule has 2 aliphatic heterocycles. The van der Waals surface area contributed by atoms with Gasteiger partial charge in [-0.2, -0.15) is 0 Å². The maximum atomic E-state index is 12.8. The fourth-order valence-electron chi connectivity index (χ4n) is 6.74. The third-order valence-corrected chi connectivity index (χ3v) is 8.74. The summed E-state index contributed by atoms with van der Waals surface area (Å²) in [5.74, 6) is 1.07. The van der Waals surface area contributed by atoms with E-state index in [1.54, 1.807) is 4.90 Å². The standard InChI is InChI=1S/C25H33ClN2O2/c1-17-4-3-9-25(2)15-23-20(14-22(17)25)21(24(29)30-23)16-27-10-12-28(13-11-27)19-7-5-18(26)6-8-19/h5-8,20-23H,1,3-4,9-16H2,2H3/p+1/t20-,21-,22+,23-,25-/m1/s1. The summed E-state index contributed by atoms with van der Waals surface area (Å²) in [5.41, 5.74) is 2.94. The Balaban J connectivity index is 1.22. The van der Waals surface area contributed by atoms with Gasteiger partial charge in [-0.15, -0.1) is 0 Å². The molecule has 1 aromatic rings. The van der Waals surface area contributed by atoms with Crippen molar-refractivity contribution in [3.8, 4) is 0 Å². The number of nitrogens with one attached hydrogen (secondary N) is 1. The molecule has 4 fully saturated rings. The van der Waals surface area contributed by atoms with Crippen molar-refractivity contribution >= 4 is 23.3 Å². The number of carbonyl (C=O) groups is 1. The van der Waals surface area contributed by atoms with Gasteiger partial charge >= 0.3 is 5.97 Å². The summed E-state index contributed by atoms with van der Waals surface area (Å²) < 4.78 is 5.97. The van der Waals surface area contributed by atoms with Crippen LogP contribution in [0.2, 0.25) is 5.02 Å². The predicted octanol–water partition coefficient (Wildman–Crippen LogP) is 3.36. The molecule has 2 saturated heterocycles. The second kappa shape index (κ2) is 7.87. The highest BCUT2D eigenvalue weighted by Gasteiger charge is 2.56. The van der Waals surface area contributed by atoms with Gasteiger partial charge in [-0.25, -0.2) is 0 Å². The first-order chi connectivity index (χ1) is 14.4. The van der Waals surface area contributed by atoms with Crippen LogP contribution in [0.25, 0.3) is 0 Å². The van der Waals surface area contributed by atoms with Crippen LogP contribution in [-0.4, -0.2) is 44.8 Å². The molecule has 2 heterocycles. The van der Waals surface area contributed by atoms with Crippen LogP contribution in [0.15, 0.2) is 36.4 Å². The van der Waals surface area contributed by atoms with Crippen molar-refractivity contribution in [1.29, 1.82) is 0 Å². The summed E-state index contributed by atoms with van der Waals surface area (Å²) in [6.07, 6.45) is 5.91. The van der Waals surface area contributed by atoms with Crippen LogP contribution < -0.4 is 9.80 Å². The second-order valence-corrected chi connectivity index (χ2v) is 10.8. The van der Waals surface area contributed by atoms with Crippen LogP contribution in [0, 0.1) is 23.2 Å². The van der Waals surface area contributed by atoms with E-state index in [2.05, 4.69) is 30.5 Å². The number of esters is 1. The molecule has 162 valence electrons. The van der Waals surface area contributed by atoms with E-state index in [4.69, 9.17) is 16.3 Å². The van der Waals surface area contributed by atoms with Gasteiger partial charge in [0.25, 0.3) is 0 Å². The average molecular weight is 430 g/mol. The number of rotatable bonds is 3. The van der Waals surface area contributed by atoms with Crippen LogP contribution in [0.4, 0.5) is 5.69 Å². The zero-order valence-electron chi connectivity index (χ0n) is 18.0. The number of allylic oxidation sites excluding steroid dienone is 1. The minimum atomic E-state index is 0.0606. The van der Waals surface area contributed by atoms with E-state index in [0.717, 1.165) is 57.0 Å². The Morgan fingerprint density at radius 3 is 2.73 bits per heavy atom. The Labute approximate surface area is 185 Å². The van der Waals surface area contributed by atoms with Crippen molar-refractivity contribution in [2.45, 2.75) is 45.1 Å². The highest BCUT2D eigenvalue weighted by atomic mass is 35.5. The lowest BCUT2D eigenvalue weighted by Gasteiger charge is -2.50. The summed E-state index contributed by atoms with van der Waals surface area (Å²) in [4.78, 5) is 16.8. The number of ether oxygens (including phenoxy) is 1. The number of halogens is 1. The average Bonchev–Trinajstić information content (AvgIpc) is 3.01. The van der Waals surface area contributed by atoms with Gasteiger partial charge in [-0.05, 0) is 67.7 Å². The number of carbonyl (C=O) groups excluding carboxylic acids is 1. The van der Waals surface area contributed by atoms with Gasteiger partial charge in [0.2, 0.25) is 0 Å². The summed E-state index contributed by atoms with van der Waals surface area (Å²) in [6.45, 7) is 11.9. The summed E-state index contributed by atoms with van der Waals surface area (Å²) in [6, 6.07) is 8.12. The molecule has 5 heteroatoms. The van der Waals surface area contributed by atoms with E-state index in [0.29, 0.717) is 11.8 Å². The third kappa shape index (κ3) is 3.67. The molecule has 30 heavy (non-hydrogen) atoms. The fourth-order valence-corrected chi connectivity index (χ4v) is 6.86. The number of piperazine rings is 1. The van der Waals surface area contributed by atoms with Gasteiger partial charge in [0.15, 0.2) is 0 Å². The van der Waals surface area contributed by atoms with Crippen LogP contribution in [0.5, 0.6) is 0 Å². The lowest BCUT2D eigenvalue weighted by atomic mass is 9.55. The number of fused-ring (bicyclic) bond motifs is 2. The topological polar surface area (TPSA) is 34.0 Å². The van der Waals surface area contributed by atoms with Crippen LogP contribution in [-0.2, 0) is 9.53 Å². The molecule has 4 nitrogen and oxygen atoms in total. The molecule has 2 aliphatic carbocycles. The highest BCUT2D eigenvalue weighted by molar-refractivity contribution is 6.30. The molecule has 5 atom stereocenters. The van der Waals surface area contributed by atoms with Crippen molar-refractivity contribution in [1.82, 2.24) is 0 Å². The van der Waals surface area contributed by atoms with Crippen molar-refractivity contribution in [3.63, 3.8) is 0 Å². The SMILES string of the molecule is C=C1CCC[C@]2(C)C[C@H]3OC(=O)[C@H](C[NH+]4CCN(c5ccc(Cl)cc5)CC4)[C@H]3C[C@@H]12. The summed E-state index contributed by atoms with van der Waals surface area (Å²) in [7, 11) is 0. The van der Waals surface area contributed by atoms with E-state index in [1.807, 2.05) is 12.1 Å². The minimum absolute atomic E-state index is 0.0606. The number of hydrogen-bond donors (Lipinski definition) is 1. The number of anilines is 1. The smallest absolute Gasteiger partial charge is 0.315 e. The first-order valence-corrected chi connectivity index (χ1v) is 12.0. The number of hydrogen-bond acceptors (Lipinski definition) is 3. The van der Waals surface area contributed by atoms with Crippen LogP contribution >= 0.6 is 11.6 Å². The Hall–Kier alpha value is -1.52. The Morgan fingerprint density at radius 1 is 1.27 bits per heavy atom. The van der Waals surface area contributed by atoms with Crippen LogP contribution in [0.1, 0.15) is 39.0 Å². The largest absolute Gasteiger partial charge is 0.462 e. The molecule has 1 N–H and O–H groups in total. The zero-order valence-corrected chi connectivity index (χ0v) is 18.8. The van der Waals surface area contributed by atoms with Gasteiger partial charge in [0.05, 0.1) is 32.7 Å². The zero-order chi connectivity index (χ0) is 20.9. The number of nitrogens with zero attached hydrogens (tertiary/aromatic N) is 1. The molecule has 1 aromatic carbocycles. The maximum Gasteiger partial charge on any atom is 0.315 e. The van der Waals surface area contributed by atoms with E-state index < -0.39 is 0 Å². The summed E-state index contributed by atoms with van der Waals surface area (Å²) >= 11 is 6.03. The van der Waals surface area contributed by atoms with Gasteiger partial charge in [0.1, 0.15) is 12.0 Å². The summed E-state index contributed by atoms with van der Waals surface area (Å²) in [5, 5.41) is 0.779. The van der Waals surface area contributed by atoms with E-state index >= 15 is 0 Å². The first kappa shape index (κ1) is 20.4. The quantitative estimate of drug-likeness (QED) is 0.591. The highest BCUT2D eigenvalue weighted by Crippen LogP contribution is 2.56. The van der Waals surface area contributed by atoms with Gasteiger partial charge in [0, 0.05) is 16.6 Å². The Bertz CT molecular complexity index is 817. The lowest BCUT2D eigenvalue weighted by molar-refractivity contribution is -0.903. The predicted molar refractivity (Wildman–Crippen MR) is 120 cm³/mol. The first-order valence-electron chi connectivity index (χ1n) is 11.7. The molecule has 0 bridgehead atoms. The monoisotopic (exact) mass is 429 g/mol. The molecule has 2 saturated carbocycles. The maximum absolute atomic E-state index is 12.8. The van der Waals surface area contributed by atoms with Crippen LogP contribution in [0.3, 0.4) is 0 Å². The molecular weight excluding hydrogens is 396 g/mol. The number of benzene rings is 1. The van der Waals surface area contributed by atoms with Gasteiger partial charge < -0.3 is 14.5 Å². The molecule has 0 spiro atoms. The van der Waals surface area contributed by atoms with Crippen molar-refractivity contribution < 1.29 is 14.4 Å². The minimum Gasteiger partial charge on any atom is -0.462 e. The molecule has 0 amide bonds.